The number of rotatable bonds is 4. The van der Waals surface area contributed by atoms with Crippen LogP contribution in [-0.2, 0) is 9.59 Å². The van der Waals surface area contributed by atoms with E-state index in [4.69, 9.17) is 4.42 Å². The van der Waals surface area contributed by atoms with Gasteiger partial charge in [-0.25, -0.2) is 0 Å². The first-order chi connectivity index (χ1) is 10.0. The van der Waals surface area contributed by atoms with Gasteiger partial charge in [0.25, 0.3) is 0 Å². The largest absolute Gasteiger partial charge is 0.451 e. The molecule has 1 aromatic carbocycles. The third-order valence-electron chi connectivity index (χ3n) is 2.47. The first-order valence-electron chi connectivity index (χ1n) is 6.15. The lowest BCUT2D eigenvalue weighted by molar-refractivity contribution is -0.114. The molecule has 5 nitrogen and oxygen atoms in total. The Labute approximate surface area is 135 Å². The molecule has 2 N–H and O–H groups in total. The van der Waals surface area contributed by atoms with Crippen LogP contribution in [0.1, 0.15) is 12.7 Å². The molecule has 0 saturated heterocycles. The number of halogens is 1. The molecule has 108 valence electrons. The fraction of sp³-hybridized carbons (Fsp3) is 0.0667. The van der Waals surface area contributed by atoms with Crippen LogP contribution < -0.4 is 10.6 Å². The Morgan fingerprint density at radius 2 is 1.67 bits per heavy atom. The molecule has 0 bridgehead atoms. The Balaban J connectivity index is 1.93. The Morgan fingerprint density at radius 1 is 1.05 bits per heavy atom. The predicted molar refractivity (Wildman–Crippen MR) is 89.8 cm³/mol. The summed E-state index contributed by atoms with van der Waals surface area (Å²) in [4.78, 5) is 22.6. The molecule has 2 amide bonds. The van der Waals surface area contributed by atoms with Crippen molar-refractivity contribution in [1.82, 2.24) is 0 Å². The Kier molecular flexibility index (Phi) is 5.15. The van der Waals surface area contributed by atoms with Crippen molar-refractivity contribution in [2.75, 3.05) is 10.6 Å². The number of nitrogens with one attached hydrogen (secondary N) is 2. The zero-order chi connectivity index (χ0) is 15.2. The summed E-state index contributed by atoms with van der Waals surface area (Å²) < 4.78 is 6.08. The number of hydrogen-bond donors (Lipinski definition) is 2. The van der Waals surface area contributed by atoms with Gasteiger partial charge in [-0.05, 0) is 65.1 Å². The van der Waals surface area contributed by atoms with Crippen LogP contribution in [0.2, 0.25) is 0 Å². The van der Waals surface area contributed by atoms with Crippen LogP contribution in [0.3, 0.4) is 0 Å². The zero-order valence-electron chi connectivity index (χ0n) is 11.2. The van der Waals surface area contributed by atoms with Gasteiger partial charge in [-0.1, -0.05) is 0 Å². The molecule has 1 heterocycles. The number of benzene rings is 1. The molecule has 0 spiro atoms. The highest BCUT2D eigenvalue weighted by atomic mass is 127. The van der Waals surface area contributed by atoms with E-state index in [2.05, 4.69) is 33.2 Å². The maximum Gasteiger partial charge on any atom is 0.248 e. The molecule has 0 radical (unpaired) electrons. The maximum absolute atomic E-state index is 11.7. The van der Waals surface area contributed by atoms with Crippen LogP contribution in [0.4, 0.5) is 11.4 Å². The first-order valence-corrected chi connectivity index (χ1v) is 7.23. The van der Waals surface area contributed by atoms with Crippen molar-refractivity contribution in [3.63, 3.8) is 0 Å². The number of anilines is 2. The van der Waals surface area contributed by atoms with E-state index in [-0.39, 0.29) is 11.8 Å². The summed E-state index contributed by atoms with van der Waals surface area (Å²) in [6.07, 6.45) is 3.00. The molecule has 0 fully saturated rings. The van der Waals surface area contributed by atoms with E-state index in [1.165, 1.54) is 13.0 Å². The monoisotopic (exact) mass is 396 g/mol. The molecular formula is C15H13IN2O3. The van der Waals surface area contributed by atoms with Crippen molar-refractivity contribution < 1.29 is 14.0 Å². The van der Waals surface area contributed by atoms with Gasteiger partial charge in [0.05, 0.1) is 0 Å². The van der Waals surface area contributed by atoms with E-state index in [9.17, 15) is 9.59 Å². The Bertz CT molecular complexity index is 674. The maximum atomic E-state index is 11.7. The van der Waals surface area contributed by atoms with E-state index < -0.39 is 0 Å². The third-order valence-corrected chi connectivity index (χ3v) is 3.05. The summed E-state index contributed by atoms with van der Waals surface area (Å²) in [5.74, 6) is 0.229. The van der Waals surface area contributed by atoms with Crippen molar-refractivity contribution in [1.29, 1.82) is 0 Å². The normalized spacial score (nSPS) is 10.6. The lowest BCUT2D eigenvalue weighted by Crippen LogP contribution is -2.08. The Morgan fingerprint density at radius 3 is 2.19 bits per heavy atom. The van der Waals surface area contributed by atoms with Gasteiger partial charge < -0.3 is 15.1 Å². The second-order valence-corrected chi connectivity index (χ2v) is 5.29. The van der Waals surface area contributed by atoms with E-state index in [1.807, 2.05) is 6.07 Å². The minimum Gasteiger partial charge on any atom is -0.451 e. The third kappa shape index (κ3) is 5.07. The van der Waals surface area contributed by atoms with Crippen LogP contribution in [0, 0.1) is 3.77 Å². The average molecular weight is 396 g/mol. The first kappa shape index (κ1) is 15.3. The van der Waals surface area contributed by atoms with Gasteiger partial charge in [-0.3, -0.25) is 9.59 Å². The van der Waals surface area contributed by atoms with Crippen LogP contribution in [0.25, 0.3) is 6.08 Å². The topological polar surface area (TPSA) is 71.3 Å². The van der Waals surface area contributed by atoms with Crippen molar-refractivity contribution in [2.45, 2.75) is 6.92 Å². The average Bonchev–Trinajstić information content (AvgIpc) is 2.84. The minimum atomic E-state index is -0.256. The van der Waals surface area contributed by atoms with E-state index >= 15 is 0 Å². The summed E-state index contributed by atoms with van der Waals surface area (Å²) in [7, 11) is 0. The van der Waals surface area contributed by atoms with Gasteiger partial charge in [0.2, 0.25) is 11.8 Å². The van der Waals surface area contributed by atoms with Gasteiger partial charge in [-0.2, -0.15) is 0 Å². The smallest absolute Gasteiger partial charge is 0.248 e. The van der Waals surface area contributed by atoms with Gasteiger partial charge in [0, 0.05) is 24.4 Å². The highest BCUT2D eigenvalue weighted by Gasteiger charge is 2.00. The second-order valence-electron chi connectivity index (χ2n) is 4.22. The summed E-state index contributed by atoms with van der Waals surface area (Å²) in [6, 6.07) is 10.5. The molecule has 2 rings (SSSR count). The second kappa shape index (κ2) is 7.07. The van der Waals surface area contributed by atoms with Crippen molar-refractivity contribution in [2.24, 2.45) is 0 Å². The standard InChI is InChI=1S/C15H13IN2O3/c1-10(19)17-11-2-4-12(5-3-11)18-15(20)9-7-13-6-8-14(16)21-13/h2-9H,1H3,(H,17,19)(H,18,20). The van der Waals surface area contributed by atoms with Crippen molar-refractivity contribution in [3.05, 3.63) is 52.0 Å². The van der Waals surface area contributed by atoms with Crippen molar-refractivity contribution >= 4 is 51.9 Å². The summed E-state index contributed by atoms with van der Waals surface area (Å²) >= 11 is 2.06. The summed E-state index contributed by atoms with van der Waals surface area (Å²) in [5, 5.41) is 5.37. The number of carbonyl (C=O) groups is 2. The molecule has 0 saturated carbocycles. The molecular weight excluding hydrogens is 383 g/mol. The molecule has 6 heteroatoms. The van der Waals surface area contributed by atoms with Gasteiger partial charge >= 0.3 is 0 Å². The molecule has 0 unspecified atom stereocenters. The molecule has 21 heavy (non-hydrogen) atoms. The molecule has 0 aliphatic rings. The molecule has 0 atom stereocenters. The quantitative estimate of drug-likeness (QED) is 0.614. The lowest BCUT2D eigenvalue weighted by Gasteiger charge is -2.04. The van der Waals surface area contributed by atoms with Crippen LogP contribution >= 0.6 is 22.6 Å². The van der Waals surface area contributed by atoms with E-state index in [0.717, 1.165) is 3.77 Å². The van der Waals surface area contributed by atoms with Crippen LogP contribution in [0.5, 0.6) is 0 Å². The van der Waals surface area contributed by atoms with Crippen LogP contribution in [-0.4, -0.2) is 11.8 Å². The zero-order valence-corrected chi connectivity index (χ0v) is 13.4. The highest BCUT2D eigenvalue weighted by molar-refractivity contribution is 14.1. The highest BCUT2D eigenvalue weighted by Crippen LogP contribution is 2.14. The number of furan rings is 1. The summed E-state index contributed by atoms with van der Waals surface area (Å²) in [6.45, 7) is 1.44. The summed E-state index contributed by atoms with van der Waals surface area (Å²) in [5.41, 5.74) is 1.33. The van der Waals surface area contributed by atoms with Crippen LogP contribution in [0.15, 0.2) is 46.9 Å². The fourth-order valence-electron chi connectivity index (χ4n) is 1.60. The Hall–Kier alpha value is -2.09. The SMILES string of the molecule is CC(=O)Nc1ccc(NC(=O)C=Cc2ccc(I)o2)cc1. The minimum absolute atomic E-state index is 0.136. The number of amides is 2. The molecule has 0 aliphatic carbocycles. The van der Waals surface area contributed by atoms with Gasteiger partial charge in [-0.15, -0.1) is 0 Å². The van der Waals surface area contributed by atoms with Gasteiger partial charge in [0.1, 0.15) is 5.76 Å². The molecule has 0 aliphatic heterocycles. The molecule has 2 aromatic rings. The predicted octanol–water partition coefficient (Wildman–Crippen LogP) is 3.49. The van der Waals surface area contributed by atoms with Crippen molar-refractivity contribution in [3.8, 4) is 0 Å². The van der Waals surface area contributed by atoms with E-state index in [1.54, 1.807) is 36.4 Å². The van der Waals surface area contributed by atoms with E-state index in [0.29, 0.717) is 17.1 Å². The number of carbonyl (C=O) groups excluding carboxylic acids is 2. The number of hydrogen-bond acceptors (Lipinski definition) is 3. The van der Waals surface area contributed by atoms with Gasteiger partial charge in [0.15, 0.2) is 3.77 Å². The molecule has 1 aromatic heterocycles. The fourth-order valence-corrected chi connectivity index (χ4v) is 2.03. The lowest BCUT2D eigenvalue weighted by atomic mass is 10.2.